The number of fused-ring (bicyclic) bond motifs is 1. The first kappa shape index (κ1) is 22.3. The number of guanidine groups is 1. The van der Waals surface area contributed by atoms with Gasteiger partial charge in [-0.05, 0) is 25.0 Å². The van der Waals surface area contributed by atoms with E-state index in [0.29, 0.717) is 30.2 Å². The maximum absolute atomic E-state index is 14.0. The van der Waals surface area contributed by atoms with Crippen molar-refractivity contribution in [1.29, 1.82) is 0 Å². The molecule has 0 radical (unpaired) electrons. The van der Waals surface area contributed by atoms with Gasteiger partial charge in [-0.15, -0.1) is 24.0 Å². The van der Waals surface area contributed by atoms with Gasteiger partial charge in [0.1, 0.15) is 11.6 Å². The van der Waals surface area contributed by atoms with Crippen LogP contribution >= 0.6 is 24.0 Å². The number of ether oxygens (including phenoxy) is 1. The summed E-state index contributed by atoms with van der Waals surface area (Å²) in [6.45, 7) is 10.4. The average Bonchev–Trinajstić information content (AvgIpc) is 3.04. The molecule has 1 saturated heterocycles. The number of benzene rings is 1. The highest BCUT2D eigenvalue weighted by molar-refractivity contribution is 14.0. The molecule has 0 spiro atoms. The van der Waals surface area contributed by atoms with Gasteiger partial charge in [0.05, 0.1) is 6.10 Å². The summed E-state index contributed by atoms with van der Waals surface area (Å²) < 4.78 is 32.9. The molecule has 27 heavy (non-hydrogen) atoms. The van der Waals surface area contributed by atoms with Gasteiger partial charge < -0.3 is 15.4 Å². The topological polar surface area (TPSA) is 45.7 Å². The molecule has 0 bridgehead atoms. The zero-order valence-electron chi connectivity index (χ0n) is 16.4. The summed E-state index contributed by atoms with van der Waals surface area (Å²) in [5.41, 5.74) is 0.547. The van der Waals surface area contributed by atoms with Crippen LogP contribution in [0.15, 0.2) is 23.2 Å². The molecule has 2 aliphatic rings. The third-order valence-corrected chi connectivity index (χ3v) is 5.75. The van der Waals surface area contributed by atoms with Gasteiger partial charge in [-0.2, -0.15) is 0 Å². The largest absolute Gasteiger partial charge is 0.377 e. The first-order valence-electron chi connectivity index (χ1n) is 9.46. The second kappa shape index (κ2) is 9.03. The molecule has 4 unspecified atom stereocenters. The van der Waals surface area contributed by atoms with Crippen LogP contribution in [-0.4, -0.2) is 37.8 Å². The minimum Gasteiger partial charge on any atom is -0.377 e. The maximum Gasteiger partial charge on any atom is 0.191 e. The van der Waals surface area contributed by atoms with Gasteiger partial charge in [0.25, 0.3) is 0 Å². The Kier molecular flexibility index (Phi) is 7.47. The van der Waals surface area contributed by atoms with Crippen LogP contribution in [0.25, 0.3) is 0 Å². The minimum absolute atomic E-state index is 0. The van der Waals surface area contributed by atoms with Crippen LogP contribution in [0.2, 0.25) is 0 Å². The Morgan fingerprint density at radius 3 is 2.78 bits per heavy atom. The summed E-state index contributed by atoms with van der Waals surface area (Å²) in [6.07, 6.45) is 1.39. The number of nitrogens with one attached hydrogen (secondary N) is 2. The van der Waals surface area contributed by atoms with Crippen molar-refractivity contribution in [1.82, 2.24) is 10.6 Å². The number of hydrogen-bond acceptors (Lipinski definition) is 2. The lowest BCUT2D eigenvalue weighted by Crippen LogP contribution is -2.68. The van der Waals surface area contributed by atoms with Gasteiger partial charge in [0.2, 0.25) is 0 Å². The lowest BCUT2D eigenvalue weighted by Gasteiger charge is -2.54. The number of halogens is 3. The van der Waals surface area contributed by atoms with Gasteiger partial charge in [-0.25, -0.2) is 8.78 Å². The summed E-state index contributed by atoms with van der Waals surface area (Å²) in [7, 11) is 0. The lowest BCUT2D eigenvalue weighted by atomic mass is 9.57. The normalized spacial score (nSPS) is 27.2. The molecule has 2 N–H and O–H groups in total. The van der Waals surface area contributed by atoms with Gasteiger partial charge in [-0.3, -0.25) is 4.99 Å². The standard InChI is InChI=1S/C20H29F2N3O.HI/c1-5-23-19(25-17-15-8-9-26-18(15)20(17,3)4)24-11-12(2)14-7-6-13(21)10-16(14)22;/h6-7,10,12,15,17-18H,5,8-9,11H2,1-4H3,(H2,23,24,25);1H. The van der Waals surface area contributed by atoms with Crippen LogP contribution in [0.5, 0.6) is 0 Å². The first-order valence-corrected chi connectivity index (χ1v) is 9.46. The van der Waals surface area contributed by atoms with E-state index in [1.165, 1.54) is 12.1 Å². The SMILES string of the molecule is CCNC(=NCC(C)c1ccc(F)cc1F)NC1C2CCOC2C1(C)C.I. The van der Waals surface area contributed by atoms with Gasteiger partial charge in [-0.1, -0.05) is 26.8 Å². The molecule has 1 aromatic rings. The Morgan fingerprint density at radius 1 is 1.37 bits per heavy atom. The smallest absolute Gasteiger partial charge is 0.191 e. The zero-order chi connectivity index (χ0) is 18.9. The summed E-state index contributed by atoms with van der Waals surface area (Å²) in [6, 6.07) is 4.03. The first-order chi connectivity index (χ1) is 12.3. The Hall–Kier alpha value is -0.960. The van der Waals surface area contributed by atoms with Crippen molar-refractivity contribution in [3.63, 3.8) is 0 Å². The minimum atomic E-state index is -0.558. The Balaban J connectivity index is 0.00000261. The van der Waals surface area contributed by atoms with Crippen molar-refractivity contribution in [2.75, 3.05) is 19.7 Å². The van der Waals surface area contributed by atoms with Crippen LogP contribution in [0.4, 0.5) is 8.78 Å². The molecular formula is C20H30F2IN3O. The predicted molar refractivity (Wildman–Crippen MR) is 115 cm³/mol. The molecule has 0 amide bonds. The van der Waals surface area contributed by atoms with Crippen molar-refractivity contribution in [3.8, 4) is 0 Å². The summed E-state index contributed by atoms with van der Waals surface area (Å²) >= 11 is 0. The van der Waals surface area contributed by atoms with Gasteiger partial charge >= 0.3 is 0 Å². The molecule has 4 atom stereocenters. The van der Waals surface area contributed by atoms with Crippen molar-refractivity contribution in [3.05, 3.63) is 35.4 Å². The maximum atomic E-state index is 14.0. The monoisotopic (exact) mass is 493 g/mol. The molecule has 1 saturated carbocycles. The molecule has 1 aliphatic heterocycles. The fourth-order valence-corrected chi connectivity index (χ4v) is 4.31. The van der Waals surface area contributed by atoms with Crippen molar-refractivity contribution >= 4 is 29.9 Å². The van der Waals surface area contributed by atoms with Gasteiger partial charge in [0, 0.05) is 49.1 Å². The van der Waals surface area contributed by atoms with E-state index in [9.17, 15) is 8.78 Å². The van der Waals surface area contributed by atoms with E-state index >= 15 is 0 Å². The van der Waals surface area contributed by atoms with Crippen molar-refractivity contribution in [2.45, 2.75) is 52.2 Å². The van der Waals surface area contributed by atoms with E-state index in [2.05, 4.69) is 29.5 Å². The average molecular weight is 493 g/mol. The molecular weight excluding hydrogens is 463 g/mol. The fraction of sp³-hybridized carbons (Fsp3) is 0.650. The van der Waals surface area contributed by atoms with Crippen LogP contribution in [0.3, 0.4) is 0 Å². The molecule has 2 fully saturated rings. The highest BCUT2D eigenvalue weighted by atomic mass is 127. The van der Waals surface area contributed by atoms with E-state index in [0.717, 1.165) is 31.6 Å². The number of nitrogens with zero attached hydrogens (tertiary/aromatic N) is 1. The molecule has 0 aromatic heterocycles. The lowest BCUT2D eigenvalue weighted by molar-refractivity contribution is -0.106. The van der Waals surface area contributed by atoms with Crippen LogP contribution in [-0.2, 0) is 4.74 Å². The Labute approximate surface area is 177 Å². The Bertz CT molecular complexity index is 683. The van der Waals surface area contributed by atoms with Crippen LogP contribution in [0.1, 0.15) is 45.6 Å². The summed E-state index contributed by atoms with van der Waals surface area (Å²) in [4.78, 5) is 4.65. The zero-order valence-corrected chi connectivity index (χ0v) is 18.7. The van der Waals surface area contributed by atoms with Crippen molar-refractivity contribution in [2.24, 2.45) is 16.3 Å². The fourth-order valence-electron chi connectivity index (χ4n) is 4.31. The summed E-state index contributed by atoms with van der Waals surface area (Å²) in [5.74, 6) is 0.0448. The molecule has 152 valence electrons. The molecule has 7 heteroatoms. The second-order valence-electron chi connectivity index (χ2n) is 7.97. The Morgan fingerprint density at radius 2 is 2.11 bits per heavy atom. The second-order valence-corrected chi connectivity index (χ2v) is 7.97. The van der Waals surface area contributed by atoms with Crippen LogP contribution in [0, 0.1) is 23.0 Å². The number of aliphatic imine (C=N–C) groups is 1. The highest BCUT2D eigenvalue weighted by Gasteiger charge is 2.59. The van der Waals surface area contributed by atoms with E-state index in [-0.39, 0.29) is 35.3 Å². The third kappa shape index (κ3) is 4.55. The van der Waals surface area contributed by atoms with E-state index in [4.69, 9.17) is 4.74 Å². The van der Waals surface area contributed by atoms with Gasteiger partial charge in [0.15, 0.2) is 5.96 Å². The van der Waals surface area contributed by atoms with E-state index in [1.807, 2.05) is 13.8 Å². The van der Waals surface area contributed by atoms with Crippen molar-refractivity contribution < 1.29 is 13.5 Å². The molecule has 1 aliphatic carbocycles. The highest BCUT2D eigenvalue weighted by Crippen LogP contribution is 2.52. The molecule has 3 rings (SSSR count). The number of hydrogen-bond donors (Lipinski definition) is 2. The predicted octanol–water partition coefficient (Wildman–Crippen LogP) is 4.05. The third-order valence-electron chi connectivity index (χ3n) is 5.75. The van der Waals surface area contributed by atoms with Crippen LogP contribution < -0.4 is 10.6 Å². The quantitative estimate of drug-likeness (QED) is 0.370. The molecule has 4 nitrogen and oxygen atoms in total. The summed E-state index contributed by atoms with van der Waals surface area (Å²) in [5, 5.41) is 6.83. The molecule has 1 heterocycles. The number of rotatable bonds is 5. The molecule has 1 aromatic carbocycles. The van der Waals surface area contributed by atoms with E-state index in [1.54, 1.807) is 0 Å². The van der Waals surface area contributed by atoms with E-state index < -0.39 is 11.6 Å².